The van der Waals surface area contributed by atoms with Crippen molar-refractivity contribution in [2.24, 2.45) is 0 Å². The van der Waals surface area contributed by atoms with Crippen molar-refractivity contribution in [2.45, 2.75) is 38.0 Å². The standard InChI is InChI=1S/C18H23N3O3/c22-17-12-24-16-7-9-20(11-15(16)19-17)10-13-3-5-14(6-4-13)21-8-1-2-18(21)23/h3-6,15-16H,1-2,7-12H2,(H,19,22)/t15-,16-/m0/s1. The topological polar surface area (TPSA) is 61.9 Å². The predicted octanol–water partition coefficient (Wildman–Crippen LogP) is 0.903. The number of carbonyl (C=O) groups is 2. The van der Waals surface area contributed by atoms with E-state index in [0.717, 1.165) is 44.7 Å². The van der Waals surface area contributed by atoms with Crippen molar-refractivity contribution >= 4 is 17.5 Å². The first-order chi connectivity index (χ1) is 11.7. The zero-order valence-electron chi connectivity index (χ0n) is 13.7. The van der Waals surface area contributed by atoms with Gasteiger partial charge in [-0.05, 0) is 30.5 Å². The SMILES string of the molecule is O=C1CO[C@H]2CCN(Cc3ccc(N4CCCC4=O)cc3)C[C@@H]2N1. The maximum atomic E-state index is 11.8. The highest BCUT2D eigenvalue weighted by atomic mass is 16.5. The van der Waals surface area contributed by atoms with Crippen LogP contribution in [0.1, 0.15) is 24.8 Å². The van der Waals surface area contributed by atoms with E-state index in [9.17, 15) is 9.59 Å². The summed E-state index contributed by atoms with van der Waals surface area (Å²) in [5.74, 6) is 0.204. The van der Waals surface area contributed by atoms with Crippen LogP contribution in [0.4, 0.5) is 5.69 Å². The molecule has 0 radical (unpaired) electrons. The third-order valence-corrected chi connectivity index (χ3v) is 5.14. The molecular weight excluding hydrogens is 306 g/mol. The van der Waals surface area contributed by atoms with Crippen LogP contribution in [0.3, 0.4) is 0 Å². The highest BCUT2D eigenvalue weighted by Gasteiger charge is 2.34. The Morgan fingerprint density at radius 1 is 1.17 bits per heavy atom. The number of anilines is 1. The second-order valence-electron chi connectivity index (χ2n) is 6.86. The van der Waals surface area contributed by atoms with Gasteiger partial charge in [0, 0.05) is 38.3 Å². The van der Waals surface area contributed by atoms with Crippen LogP contribution in [-0.4, -0.2) is 55.1 Å². The average Bonchev–Trinajstić information content (AvgIpc) is 3.01. The number of carbonyl (C=O) groups excluding carboxylic acids is 2. The lowest BCUT2D eigenvalue weighted by Gasteiger charge is -2.41. The van der Waals surface area contributed by atoms with E-state index in [1.54, 1.807) is 0 Å². The van der Waals surface area contributed by atoms with Crippen LogP contribution in [0.15, 0.2) is 24.3 Å². The first-order valence-corrected chi connectivity index (χ1v) is 8.72. The van der Waals surface area contributed by atoms with Gasteiger partial charge in [-0.15, -0.1) is 0 Å². The second kappa shape index (κ2) is 6.53. The minimum atomic E-state index is -0.0160. The molecular formula is C18H23N3O3. The summed E-state index contributed by atoms with van der Waals surface area (Å²) in [5, 5.41) is 3.04. The molecule has 0 aliphatic carbocycles. The normalized spacial score (nSPS) is 27.9. The highest BCUT2D eigenvalue weighted by molar-refractivity contribution is 5.95. The second-order valence-corrected chi connectivity index (χ2v) is 6.86. The predicted molar refractivity (Wildman–Crippen MR) is 89.6 cm³/mol. The molecule has 24 heavy (non-hydrogen) atoms. The number of hydrogen-bond acceptors (Lipinski definition) is 4. The van der Waals surface area contributed by atoms with Crippen molar-refractivity contribution in [1.82, 2.24) is 10.2 Å². The zero-order valence-corrected chi connectivity index (χ0v) is 13.7. The third-order valence-electron chi connectivity index (χ3n) is 5.14. The van der Waals surface area contributed by atoms with E-state index in [0.29, 0.717) is 6.42 Å². The van der Waals surface area contributed by atoms with E-state index >= 15 is 0 Å². The Hall–Kier alpha value is -1.92. The summed E-state index contributed by atoms with van der Waals surface area (Å²) in [6.07, 6.45) is 2.71. The van der Waals surface area contributed by atoms with Gasteiger partial charge in [0.25, 0.3) is 0 Å². The number of nitrogens with zero attached hydrogens (tertiary/aromatic N) is 2. The van der Waals surface area contributed by atoms with Gasteiger partial charge in [-0.25, -0.2) is 0 Å². The molecule has 0 spiro atoms. The van der Waals surface area contributed by atoms with E-state index < -0.39 is 0 Å². The van der Waals surface area contributed by atoms with Crippen molar-refractivity contribution in [3.05, 3.63) is 29.8 Å². The van der Waals surface area contributed by atoms with Crippen molar-refractivity contribution in [1.29, 1.82) is 0 Å². The van der Waals surface area contributed by atoms with Gasteiger partial charge in [-0.3, -0.25) is 14.5 Å². The van der Waals surface area contributed by atoms with Crippen LogP contribution in [0, 0.1) is 0 Å². The number of hydrogen-bond donors (Lipinski definition) is 1. The molecule has 6 heteroatoms. The molecule has 0 aromatic heterocycles. The Morgan fingerprint density at radius 2 is 2.00 bits per heavy atom. The molecule has 3 aliphatic rings. The Labute approximate surface area is 141 Å². The lowest BCUT2D eigenvalue weighted by molar-refractivity contribution is -0.140. The van der Waals surface area contributed by atoms with Crippen LogP contribution >= 0.6 is 0 Å². The Bertz CT molecular complexity index is 631. The lowest BCUT2D eigenvalue weighted by atomic mass is 10.00. The summed E-state index contributed by atoms with van der Waals surface area (Å²) >= 11 is 0. The molecule has 1 aromatic rings. The largest absolute Gasteiger partial charge is 0.366 e. The summed E-state index contributed by atoms with van der Waals surface area (Å²) in [6, 6.07) is 8.38. The van der Waals surface area contributed by atoms with Crippen LogP contribution in [0.5, 0.6) is 0 Å². The van der Waals surface area contributed by atoms with Gasteiger partial charge in [0.15, 0.2) is 0 Å². The molecule has 2 atom stereocenters. The molecule has 1 aromatic carbocycles. The van der Waals surface area contributed by atoms with Gasteiger partial charge in [0.2, 0.25) is 11.8 Å². The summed E-state index contributed by atoms with van der Waals surface area (Å²) in [5.41, 5.74) is 2.22. The minimum Gasteiger partial charge on any atom is -0.366 e. The molecule has 0 unspecified atom stereocenters. The number of likely N-dealkylation sites (tertiary alicyclic amines) is 1. The van der Waals surface area contributed by atoms with Gasteiger partial charge in [-0.1, -0.05) is 12.1 Å². The van der Waals surface area contributed by atoms with Gasteiger partial charge in [-0.2, -0.15) is 0 Å². The summed E-state index contributed by atoms with van der Waals surface area (Å²) in [7, 11) is 0. The van der Waals surface area contributed by atoms with Crippen LogP contribution in [0.2, 0.25) is 0 Å². The molecule has 4 rings (SSSR count). The zero-order chi connectivity index (χ0) is 16.5. The number of rotatable bonds is 3. The van der Waals surface area contributed by atoms with Gasteiger partial charge in [0.1, 0.15) is 6.61 Å². The molecule has 3 aliphatic heterocycles. The van der Waals surface area contributed by atoms with Gasteiger partial charge < -0.3 is 15.0 Å². The number of piperidine rings is 1. The molecule has 3 heterocycles. The van der Waals surface area contributed by atoms with E-state index in [1.165, 1.54) is 5.56 Å². The molecule has 1 N–H and O–H groups in total. The highest BCUT2D eigenvalue weighted by Crippen LogP contribution is 2.23. The number of morpholine rings is 1. The third kappa shape index (κ3) is 3.16. The van der Waals surface area contributed by atoms with Gasteiger partial charge >= 0.3 is 0 Å². The minimum absolute atomic E-state index is 0.0160. The van der Waals surface area contributed by atoms with Crippen molar-refractivity contribution in [3.63, 3.8) is 0 Å². The van der Waals surface area contributed by atoms with Crippen molar-refractivity contribution in [3.8, 4) is 0 Å². The fourth-order valence-electron chi connectivity index (χ4n) is 3.87. The molecule has 128 valence electrons. The lowest BCUT2D eigenvalue weighted by Crippen LogP contribution is -2.60. The maximum Gasteiger partial charge on any atom is 0.246 e. The maximum absolute atomic E-state index is 11.8. The Balaban J connectivity index is 1.37. The number of nitrogens with one attached hydrogen (secondary N) is 1. The van der Waals surface area contributed by atoms with Crippen LogP contribution in [-0.2, 0) is 20.9 Å². The quantitative estimate of drug-likeness (QED) is 0.895. The summed E-state index contributed by atoms with van der Waals surface area (Å²) in [4.78, 5) is 27.5. The Morgan fingerprint density at radius 3 is 2.75 bits per heavy atom. The fourth-order valence-corrected chi connectivity index (χ4v) is 3.87. The molecule has 3 saturated heterocycles. The summed E-state index contributed by atoms with van der Waals surface area (Å²) < 4.78 is 5.60. The smallest absolute Gasteiger partial charge is 0.246 e. The number of ether oxygens (including phenoxy) is 1. The van der Waals surface area contributed by atoms with Gasteiger partial charge in [0.05, 0.1) is 12.1 Å². The van der Waals surface area contributed by atoms with Crippen LogP contribution in [0.25, 0.3) is 0 Å². The molecule has 2 amide bonds. The molecule has 0 bridgehead atoms. The van der Waals surface area contributed by atoms with Crippen molar-refractivity contribution in [2.75, 3.05) is 31.1 Å². The average molecular weight is 329 g/mol. The van der Waals surface area contributed by atoms with Crippen molar-refractivity contribution < 1.29 is 14.3 Å². The first-order valence-electron chi connectivity index (χ1n) is 8.72. The number of amides is 2. The Kier molecular flexibility index (Phi) is 4.24. The fraction of sp³-hybridized carbons (Fsp3) is 0.556. The van der Waals surface area contributed by atoms with E-state index in [-0.39, 0.29) is 30.6 Å². The number of fused-ring (bicyclic) bond motifs is 1. The van der Waals surface area contributed by atoms with Crippen LogP contribution < -0.4 is 10.2 Å². The number of benzene rings is 1. The van der Waals surface area contributed by atoms with E-state index in [4.69, 9.17) is 4.74 Å². The van der Waals surface area contributed by atoms with E-state index in [1.807, 2.05) is 17.0 Å². The first kappa shape index (κ1) is 15.6. The molecule has 6 nitrogen and oxygen atoms in total. The molecule has 3 fully saturated rings. The van der Waals surface area contributed by atoms with E-state index in [2.05, 4.69) is 22.3 Å². The summed E-state index contributed by atoms with van der Waals surface area (Å²) in [6.45, 7) is 3.67. The molecule has 0 saturated carbocycles. The monoisotopic (exact) mass is 329 g/mol.